The molecule has 1 saturated heterocycles. The quantitative estimate of drug-likeness (QED) is 0.797. The van der Waals surface area contributed by atoms with Crippen LogP contribution < -0.4 is 5.73 Å². The van der Waals surface area contributed by atoms with Crippen molar-refractivity contribution in [1.29, 1.82) is 0 Å². The van der Waals surface area contributed by atoms with Crippen LogP contribution in [0.3, 0.4) is 0 Å². The number of amides is 1. The van der Waals surface area contributed by atoms with Crippen molar-refractivity contribution >= 4 is 23.1 Å². The van der Waals surface area contributed by atoms with Crippen LogP contribution in [0.2, 0.25) is 0 Å². The Morgan fingerprint density at radius 1 is 1.41 bits per heavy atom. The lowest BCUT2D eigenvalue weighted by Gasteiger charge is -2.27. The number of carbonyl (C=O) groups is 1. The molecule has 17 heavy (non-hydrogen) atoms. The summed E-state index contributed by atoms with van der Waals surface area (Å²) < 4.78 is 1.71. The molecular weight excluding hydrogens is 236 g/mol. The first-order valence-electron chi connectivity index (χ1n) is 5.77. The zero-order chi connectivity index (χ0) is 12.3. The smallest absolute Gasteiger partial charge is 0.242 e. The summed E-state index contributed by atoms with van der Waals surface area (Å²) in [6, 6.07) is 0. The summed E-state index contributed by atoms with van der Waals surface area (Å²) >= 11 is 4.88. The molecule has 2 rings (SSSR count). The maximum absolute atomic E-state index is 12.0. The van der Waals surface area contributed by atoms with Crippen LogP contribution in [0.1, 0.15) is 25.1 Å². The van der Waals surface area contributed by atoms with Gasteiger partial charge in [-0.2, -0.15) is 0 Å². The average molecular weight is 252 g/mol. The lowest BCUT2D eigenvalue weighted by atomic mass is 10.1. The van der Waals surface area contributed by atoms with Gasteiger partial charge in [-0.3, -0.25) is 4.79 Å². The zero-order valence-electron chi connectivity index (χ0n) is 9.63. The second-order valence-electron chi connectivity index (χ2n) is 4.18. The molecule has 0 aliphatic carbocycles. The molecule has 1 aromatic rings. The van der Waals surface area contributed by atoms with Gasteiger partial charge in [-0.05, 0) is 19.3 Å². The summed E-state index contributed by atoms with van der Waals surface area (Å²) in [6.45, 7) is 1.98. The highest BCUT2D eigenvalue weighted by Gasteiger charge is 2.18. The number of rotatable bonds is 3. The van der Waals surface area contributed by atoms with E-state index in [2.05, 4.69) is 4.98 Å². The molecule has 6 heteroatoms. The fourth-order valence-electron chi connectivity index (χ4n) is 2.05. The van der Waals surface area contributed by atoms with E-state index in [1.807, 2.05) is 4.90 Å². The molecule has 0 aromatic carbocycles. The number of piperidine rings is 1. The topological polar surface area (TPSA) is 64.1 Å². The molecule has 5 nitrogen and oxygen atoms in total. The number of imidazole rings is 1. The summed E-state index contributed by atoms with van der Waals surface area (Å²) in [4.78, 5) is 18.2. The van der Waals surface area contributed by atoms with Crippen LogP contribution in [-0.4, -0.2) is 38.4 Å². The monoisotopic (exact) mass is 252 g/mol. The van der Waals surface area contributed by atoms with E-state index in [0.29, 0.717) is 5.82 Å². The number of hydrogen-bond donors (Lipinski definition) is 1. The normalized spacial score (nSPS) is 15.9. The Bertz CT molecular complexity index is 423. The number of likely N-dealkylation sites (tertiary alicyclic amines) is 1. The molecule has 92 valence electrons. The van der Waals surface area contributed by atoms with Crippen molar-refractivity contribution in [3.8, 4) is 0 Å². The van der Waals surface area contributed by atoms with Crippen LogP contribution in [0.25, 0.3) is 0 Å². The first kappa shape index (κ1) is 12.0. The van der Waals surface area contributed by atoms with Gasteiger partial charge in [0.05, 0.1) is 0 Å². The molecule has 2 heterocycles. The number of aromatic nitrogens is 2. The standard InChI is InChI=1S/C11H16N4OS/c12-10(17)11-13-4-7-15(11)8-9(16)14-5-2-1-3-6-14/h4,7H,1-3,5-6,8H2,(H2,12,17). The van der Waals surface area contributed by atoms with Gasteiger partial charge in [0.1, 0.15) is 11.5 Å². The third-order valence-corrected chi connectivity index (χ3v) is 3.13. The first-order valence-corrected chi connectivity index (χ1v) is 6.18. The van der Waals surface area contributed by atoms with Crippen LogP contribution in [0, 0.1) is 0 Å². The minimum Gasteiger partial charge on any atom is -0.387 e. The number of hydrogen-bond acceptors (Lipinski definition) is 3. The molecule has 0 unspecified atom stereocenters. The van der Waals surface area contributed by atoms with Crippen LogP contribution in [0.4, 0.5) is 0 Å². The van der Waals surface area contributed by atoms with Crippen molar-refractivity contribution in [3.63, 3.8) is 0 Å². The summed E-state index contributed by atoms with van der Waals surface area (Å²) in [5.41, 5.74) is 5.54. The third-order valence-electron chi connectivity index (χ3n) is 2.95. The molecule has 1 aromatic heterocycles. The van der Waals surface area contributed by atoms with E-state index >= 15 is 0 Å². The van der Waals surface area contributed by atoms with Crippen molar-refractivity contribution in [2.75, 3.05) is 13.1 Å². The maximum atomic E-state index is 12.0. The predicted octanol–water partition coefficient (Wildman–Crippen LogP) is 0.530. The Hall–Kier alpha value is -1.43. The Kier molecular flexibility index (Phi) is 3.73. The van der Waals surface area contributed by atoms with Gasteiger partial charge in [0.25, 0.3) is 0 Å². The van der Waals surface area contributed by atoms with Crippen LogP contribution in [-0.2, 0) is 11.3 Å². The molecule has 0 bridgehead atoms. The fraction of sp³-hybridized carbons (Fsp3) is 0.545. The Morgan fingerprint density at radius 3 is 2.76 bits per heavy atom. The van der Waals surface area contributed by atoms with Gasteiger partial charge in [0.2, 0.25) is 5.91 Å². The van der Waals surface area contributed by atoms with E-state index in [4.69, 9.17) is 18.0 Å². The van der Waals surface area contributed by atoms with E-state index < -0.39 is 0 Å². The van der Waals surface area contributed by atoms with Crippen molar-refractivity contribution in [2.45, 2.75) is 25.8 Å². The summed E-state index contributed by atoms with van der Waals surface area (Å²) in [7, 11) is 0. The maximum Gasteiger partial charge on any atom is 0.242 e. The van der Waals surface area contributed by atoms with Crippen molar-refractivity contribution in [1.82, 2.24) is 14.5 Å². The van der Waals surface area contributed by atoms with Gasteiger partial charge in [-0.15, -0.1) is 0 Å². The van der Waals surface area contributed by atoms with E-state index in [9.17, 15) is 4.79 Å². The van der Waals surface area contributed by atoms with Gasteiger partial charge in [0.15, 0.2) is 5.82 Å². The molecule has 1 fully saturated rings. The Balaban J connectivity index is 2.02. The van der Waals surface area contributed by atoms with E-state index in [1.165, 1.54) is 6.42 Å². The fourth-order valence-corrected chi connectivity index (χ4v) is 2.22. The zero-order valence-corrected chi connectivity index (χ0v) is 10.4. The number of thiocarbonyl (C=S) groups is 1. The van der Waals surface area contributed by atoms with Crippen molar-refractivity contribution < 1.29 is 4.79 Å². The molecule has 0 spiro atoms. The summed E-state index contributed by atoms with van der Waals surface area (Å²) in [6.07, 6.45) is 6.75. The number of carbonyl (C=O) groups excluding carboxylic acids is 1. The van der Waals surface area contributed by atoms with Crippen molar-refractivity contribution in [3.05, 3.63) is 18.2 Å². The molecule has 1 aliphatic heterocycles. The molecule has 2 N–H and O–H groups in total. The second-order valence-corrected chi connectivity index (χ2v) is 4.62. The SMILES string of the molecule is NC(=S)c1nccn1CC(=O)N1CCCCC1. The average Bonchev–Trinajstić information content (AvgIpc) is 2.78. The lowest BCUT2D eigenvalue weighted by molar-refractivity contribution is -0.132. The van der Waals surface area contributed by atoms with Crippen LogP contribution in [0.5, 0.6) is 0 Å². The molecule has 0 saturated carbocycles. The lowest BCUT2D eigenvalue weighted by Crippen LogP contribution is -2.38. The highest BCUT2D eigenvalue weighted by Crippen LogP contribution is 2.10. The minimum atomic E-state index is 0.111. The highest BCUT2D eigenvalue weighted by molar-refractivity contribution is 7.80. The molecular formula is C11H16N4OS. The summed E-state index contributed by atoms with van der Waals surface area (Å²) in [5, 5.41) is 0. The number of nitrogens with zero attached hydrogens (tertiary/aromatic N) is 3. The predicted molar refractivity (Wildman–Crippen MR) is 68.5 cm³/mol. The van der Waals surface area contributed by atoms with E-state index in [-0.39, 0.29) is 17.4 Å². The van der Waals surface area contributed by atoms with Gasteiger partial charge >= 0.3 is 0 Å². The van der Waals surface area contributed by atoms with Gasteiger partial charge in [0, 0.05) is 25.5 Å². The van der Waals surface area contributed by atoms with Crippen molar-refractivity contribution in [2.24, 2.45) is 5.73 Å². The molecule has 0 radical (unpaired) electrons. The number of nitrogens with two attached hydrogens (primary N) is 1. The molecule has 1 amide bonds. The summed E-state index contributed by atoms with van der Waals surface area (Å²) in [5.74, 6) is 0.616. The van der Waals surface area contributed by atoms with Gasteiger partial charge in [-0.25, -0.2) is 4.98 Å². The van der Waals surface area contributed by atoms with E-state index in [1.54, 1.807) is 17.0 Å². The van der Waals surface area contributed by atoms with E-state index in [0.717, 1.165) is 25.9 Å². The Labute approximate surface area is 106 Å². The highest BCUT2D eigenvalue weighted by atomic mass is 32.1. The van der Waals surface area contributed by atoms with Gasteiger partial charge in [-0.1, -0.05) is 12.2 Å². The van der Waals surface area contributed by atoms with Gasteiger partial charge < -0.3 is 15.2 Å². The second kappa shape index (κ2) is 5.27. The van der Waals surface area contributed by atoms with Crippen LogP contribution >= 0.6 is 12.2 Å². The first-order chi connectivity index (χ1) is 8.18. The Morgan fingerprint density at radius 2 is 2.12 bits per heavy atom. The molecule has 1 aliphatic rings. The van der Waals surface area contributed by atoms with Crippen LogP contribution in [0.15, 0.2) is 12.4 Å². The third kappa shape index (κ3) is 2.82. The largest absolute Gasteiger partial charge is 0.387 e. The molecule has 0 atom stereocenters. The minimum absolute atomic E-state index is 0.111.